The molecule has 0 unspecified atom stereocenters. The van der Waals surface area contributed by atoms with Gasteiger partial charge in [0.1, 0.15) is 5.65 Å². The molecule has 4 nitrogen and oxygen atoms in total. The first kappa shape index (κ1) is 11.3. The molecule has 1 N–H and O–H groups in total. The van der Waals surface area contributed by atoms with Crippen molar-refractivity contribution in [2.75, 3.05) is 5.32 Å². The SMILES string of the molecule is O=C(Nc1ccc2nccn2c1)C1CCCCC1. The molecule has 1 saturated carbocycles. The Kier molecular flexibility index (Phi) is 3.00. The van der Waals surface area contributed by atoms with Crippen molar-refractivity contribution in [3.8, 4) is 0 Å². The minimum atomic E-state index is 0.161. The number of nitrogens with zero attached hydrogens (tertiary/aromatic N) is 2. The fourth-order valence-electron chi connectivity index (χ4n) is 2.60. The molecule has 94 valence electrons. The van der Waals surface area contributed by atoms with Crippen LogP contribution in [-0.4, -0.2) is 15.3 Å². The van der Waals surface area contributed by atoms with Gasteiger partial charge in [0.2, 0.25) is 5.91 Å². The molecule has 0 aromatic carbocycles. The summed E-state index contributed by atoms with van der Waals surface area (Å²) >= 11 is 0. The Morgan fingerprint density at radius 1 is 1.28 bits per heavy atom. The van der Waals surface area contributed by atoms with Crippen LogP contribution in [0.25, 0.3) is 5.65 Å². The second-order valence-electron chi connectivity index (χ2n) is 4.93. The van der Waals surface area contributed by atoms with Crippen molar-refractivity contribution in [3.63, 3.8) is 0 Å². The number of carbonyl (C=O) groups is 1. The molecular weight excluding hydrogens is 226 g/mol. The predicted octanol–water partition coefficient (Wildman–Crippen LogP) is 2.85. The van der Waals surface area contributed by atoms with Crippen LogP contribution in [0.3, 0.4) is 0 Å². The van der Waals surface area contributed by atoms with Gasteiger partial charge in [0, 0.05) is 24.5 Å². The number of nitrogens with one attached hydrogen (secondary N) is 1. The molecule has 18 heavy (non-hydrogen) atoms. The van der Waals surface area contributed by atoms with Crippen LogP contribution in [0, 0.1) is 5.92 Å². The molecule has 0 spiro atoms. The normalized spacial score (nSPS) is 16.9. The van der Waals surface area contributed by atoms with Crippen LogP contribution in [0.4, 0.5) is 5.69 Å². The lowest BCUT2D eigenvalue weighted by atomic mass is 9.88. The third-order valence-electron chi connectivity index (χ3n) is 3.63. The van der Waals surface area contributed by atoms with Gasteiger partial charge in [-0.1, -0.05) is 19.3 Å². The first-order valence-electron chi connectivity index (χ1n) is 6.56. The van der Waals surface area contributed by atoms with Crippen molar-refractivity contribution >= 4 is 17.2 Å². The van der Waals surface area contributed by atoms with E-state index in [9.17, 15) is 4.79 Å². The van der Waals surface area contributed by atoms with E-state index < -0.39 is 0 Å². The van der Waals surface area contributed by atoms with E-state index in [0.717, 1.165) is 24.2 Å². The Hall–Kier alpha value is -1.84. The Morgan fingerprint density at radius 3 is 2.94 bits per heavy atom. The van der Waals surface area contributed by atoms with Crippen LogP contribution < -0.4 is 5.32 Å². The molecule has 0 radical (unpaired) electrons. The van der Waals surface area contributed by atoms with Crippen molar-refractivity contribution in [2.24, 2.45) is 5.92 Å². The predicted molar refractivity (Wildman–Crippen MR) is 70.4 cm³/mol. The van der Waals surface area contributed by atoms with Gasteiger partial charge in [0.05, 0.1) is 5.69 Å². The second-order valence-corrected chi connectivity index (χ2v) is 4.93. The van der Waals surface area contributed by atoms with Crippen LogP contribution in [0.2, 0.25) is 0 Å². The zero-order valence-corrected chi connectivity index (χ0v) is 10.3. The van der Waals surface area contributed by atoms with Gasteiger partial charge in [-0.05, 0) is 25.0 Å². The summed E-state index contributed by atoms with van der Waals surface area (Å²) in [5.41, 5.74) is 1.74. The lowest BCUT2D eigenvalue weighted by molar-refractivity contribution is -0.120. The summed E-state index contributed by atoms with van der Waals surface area (Å²) in [5.74, 6) is 0.353. The van der Waals surface area contributed by atoms with Crippen LogP contribution >= 0.6 is 0 Å². The lowest BCUT2D eigenvalue weighted by Gasteiger charge is -2.20. The van der Waals surface area contributed by atoms with Crippen molar-refractivity contribution in [1.29, 1.82) is 0 Å². The minimum absolute atomic E-state index is 0.161. The smallest absolute Gasteiger partial charge is 0.227 e. The molecule has 3 rings (SSSR count). The fraction of sp³-hybridized carbons (Fsp3) is 0.429. The summed E-state index contributed by atoms with van der Waals surface area (Å²) in [7, 11) is 0. The molecule has 0 aliphatic heterocycles. The summed E-state index contributed by atoms with van der Waals surface area (Å²) in [6, 6.07) is 3.82. The van der Waals surface area contributed by atoms with Crippen LogP contribution in [-0.2, 0) is 4.79 Å². The van der Waals surface area contributed by atoms with Crippen LogP contribution in [0.15, 0.2) is 30.7 Å². The number of amides is 1. The van der Waals surface area contributed by atoms with Crippen molar-refractivity contribution < 1.29 is 4.79 Å². The summed E-state index contributed by atoms with van der Waals surface area (Å²) in [6.07, 6.45) is 11.2. The number of hydrogen-bond acceptors (Lipinski definition) is 2. The first-order valence-corrected chi connectivity index (χ1v) is 6.56. The fourth-order valence-corrected chi connectivity index (χ4v) is 2.60. The van der Waals surface area contributed by atoms with Gasteiger partial charge in [0.25, 0.3) is 0 Å². The monoisotopic (exact) mass is 243 g/mol. The van der Waals surface area contributed by atoms with Gasteiger partial charge in [-0.2, -0.15) is 0 Å². The third kappa shape index (κ3) is 2.23. The topological polar surface area (TPSA) is 46.4 Å². The summed E-state index contributed by atoms with van der Waals surface area (Å²) in [5, 5.41) is 3.01. The van der Waals surface area contributed by atoms with Crippen LogP contribution in [0.5, 0.6) is 0 Å². The number of pyridine rings is 1. The molecule has 4 heteroatoms. The molecule has 2 aromatic heterocycles. The Morgan fingerprint density at radius 2 is 2.11 bits per heavy atom. The van der Waals surface area contributed by atoms with Gasteiger partial charge >= 0.3 is 0 Å². The summed E-state index contributed by atoms with van der Waals surface area (Å²) in [4.78, 5) is 16.3. The molecule has 1 fully saturated rings. The Balaban J connectivity index is 1.72. The van der Waals surface area contributed by atoms with Crippen molar-refractivity contribution in [3.05, 3.63) is 30.7 Å². The van der Waals surface area contributed by atoms with Gasteiger partial charge in [0.15, 0.2) is 0 Å². The number of carbonyl (C=O) groups excluding carboxylic acids is 1. The maximum atomic E-state index is 12.1. The number of hydrogen-bond donors (Lipinski definition) is 1. The second kappa shape index (κ2) is 4.80. The van der Waals surface area contributed by atoms with E-state index in [1.54, 1.807) is 6.20 Å². The molecule has 2 heterocycles. The highest BCUT2D eigenvalue weighted by Crippen LogP contribution is 2.24. The quantitative estimate of drug-likeness (QED) is 0.881. The lowest BCUT2D eigenvalue weighted by Crippen LogP contribution is -2.24. The van der Waals surface area contributed by atoms with Gasteiger partial charge in [-0.3, -0.25) is 4.79 Å². The molecule has 0 atom stereocenters. The Labute approximate surface area is 106 Å². The molecule has 0 saturated heterocycles. The van der Waals surface area contributed by atoms with E-state index in [0.29, 0.717) is 0 Å². The zero-order chi connectivity index (χ0) is 12.4. The number of rotatable bonds is 2. The van der Waals surface area contributed by atoms with Crippen LogP contribution in [0.1, 0.15) is 32.1 Å². The third-order valence-corrected chi connectivity index (χ3v) is 3.63. The number of fused-ring (bicyclic) bond motifs is 1. The van der Waals surface area contributed by atoms with E-state index in [1.165, 1.54) is 19.3 Å². The first-order chi connectivity index (χ1) is 8.83. The van der Waals surface area contributed by atoms with Gasteiger partial charge in [-0.25, -0.2) is 4.98 Å². The molecule has 1 aliphatic carbocycles. The van der Waals surface area contributed by atoms with Gasteiger partial charge < -0.3 is 9.72 Å². The van der Waals surface area contributed by atoms with E-state index >= 15 is 0 Å². The average Bonchev–Trinajstić information content (AvgIpc) is 2.87. The minimum Gasteiger partial charge on any atom is -0.325 e. The van der Waals surface area contributed by atoms with Gasteiger partial charge in [-0.15, -0.1) is 0 Å². The number of imidazole rings is 1. The standard InChI is InChI=1S/C14H17N3O/c18-14(11-4-2-1-3-5-11)16-12-6-7-13-15-8-9-17(13)10-12/h6-11H,1-5H2,(H,16,18). The highest BCUT2D eigenvalue weighted by Gasteiger charge is 2.20. The molecule has 1 aliphatic rings. The largest absolute Gasteiger partial charge is 0.325 e. The average molecular weight is 243 g/mol. The highest BCUT2D eigenvalue weighted by atomic mass is 16.1. The zero-order valence-electron chi connectivity index (χ0n) is 10.3. The van der Waals surface area contributed by atoms with Crippen molar-refractivity contribution in [2.45, 2.75) is 32.1 Å². The Bertz CT molecular complexity index is 555. The summed E-state index contributed by atoms with van der Waals surface area (Å²) in [6.45, 7) is 0. The van der Waals surface area contributed by atoms with E-state index in [-0.39, 0.29) is 11.8 Å². The van der Waals surface area contributed by atoms with E-state index in [4.69, 9.17) is 0 Å². The van der Waals surface area contributed by atoms with E-state index in [1.807, 2.05) is 28.9 Å². The maximum absolute atomic E-state index is 12.1. The number of anilines is 1. The molecule has 0 bridgehead atoms. The highest BCUT2D eigenvalue weighted by molar-refractivity contribution is 5.92. The molecule has 1 amide bonds. The summed E-state index contributed by atoms with van der Waals surface area (Å²) < 4.78 is 1.91. The maximum Gasteiger partial charge on any atom is 0.227 e. The molecular formula is C14H17N3O. The number of aromatic nitrogens is 2. The van der Waals surface area contributed by atoms with Crippen molar-refractivity contribution in [1.82, 2.24) is 9.38 Å². The molecule has 2 aromatic rings. The van der Waals surface area contributed by atoms with E-state index in [2.05, 4.69) is 10.3 Å².